The van der Waals surface area contributed by atoms with Crippen LogP contribution in [-0.4, -0.2) is 34.3 Å². The summed E-state index contributed by atoms with van der Waals surface area (Å²) in [7, 11) is 0. The monoisotopic (exact) mass is 456 g/mol. The van der Waals surface area contributed by atoms with E-state index in [1.807, 2.05) is 18.4 Å². The van der Waals surface area contributed by atoms with Crippen LogP contribution in [0.25, 0.3) is 11.3 Å². The molecule has 0 saturated carbocycles. The Labute approximate surface area is 186 Å². The summed E-state index contributed by atoms with van der Waals surface area (Å²) in [4.78, 5) is 43.0. The number of thiazole rings is 1. The van der Waals surface area contributed by atoms with Crippen LogP contribution in [0.1, 0.15) is 17.5 Å². The summed E-state index contributed by atoms with van der Waals surface area (Å²) in [6.07, 6.45) is 0. The number of rotatable bonds is 5. The molecule has 0 unspecified atom stereocenters. The number of urea groups is 1. The fourth-order valence-corrected chi connectivity index (χ4v) is 4.06. The minimum Gasteiger partial charge on any atom is -0.325 e. The molecule has 1 aliphatic rings. The van der Waals surface area contributed by atoms with E-state index in [0.29, 0.717) is 5.69 Å². The first kappa shape index (κ1) is 21.6. The quantitative estimate of drug-likeness (QED) is 0.572. The Morgan fingerprint density at radius 1 is 1.19 bits per heavy atom. The van der Waals surface area contributed by atoms with Crippen LogP contribution in [0.5, 0.6) is 0 Å². The van der Waals surface area contributed by atoms with Crippen molar-refractivity contribution in [3.8, 4) is 11.3 Å². The van der Waals surface area contributed by atoms with Crippen molar-refractivity contribution in [3.05, 3.63) is 70.1 Å². The van der Waals surface area contributed by atoms with Crippen LogP contribution < -0.4 is 10.6 Å². The molecule has 0 radical (unpaired) electrons. The first-order valence-electron chi connectivity index (χ1n) is 9.59. The molecule has 1 atom stereocenters. The number of benzene rings is 2. The van der Waals surface area contributed by atoms with Crippen molar-refractivity contribution in [2.24, 2.45) is 0 Å². The van der Waals surface area contributed by atoms with Crippen molar-refractivity contribution >= 4 is 34.9 Å². The SMILES string of the molecule is Cc1nc(-c2cccc(NC(=O)CN3C(=O)N[C@@](C)(c4ccc(F)c(F)c4)C3=O)c2)cs1. The normalized spacial score (nSPS) is 18.1. The van der Waals surface area contributed by atoms with Crippen molar-refractivity contribution in [1.82, 2.24) is 15.2 Å². The van der Waals surface area contributed by atoms with E-state index in [4.69, 9.17) is 0 Å². The van der Waals surface area contributed by atoms with Crippen molar-refractivity contribution in [3.63, 3.8) is 0 Å². The van der Waals surface area contributed by atoms with E-state index in [1.54, 1.807) is 18.2 Å². The molecule has 164 valence electrons. The van der Waals surface area contributed by atoms with Crippen molar-refractivity contribution in [2.45, 2.75) is 19.4 Å². The predicted octanol–water partition coefficient (Wildman–Crippen LogP) is 3.80. The lowest BCUT2D eigenvalue weighted by atomic mass is 9.92. The topological polar surface area (TPSA) is 91.4 Å². The fourth-order valence-electron chi connectivity index (χ4n) is 3.44. The molecule has 2 N–H and O–H groups in total. The van der Waals surface area contributed by atoms with E-state index < -0.39 is 41.6 Å². The second-order valence-corrected chi connectivity index (χ2v) is 8.52. The molecule has 2 heterocycles. The number of aryl methyl sites for hydroxylation is 1. The summed E-state index contributed by atoms with van der Waals surface area (Å²) in [6.45, 7) is 2.73. The van der Waals surface area contributed by atoms with E-state index in [2.05, 4.69) is 15.6 Å². The molecule has 1 aliphatic heterocycles. The van der Waals surface area contributed by atoms with E-state index in [-0.39, 0.29) is 5.56 Å². The number of halogens is 2. The largest absolute Gasteiger partial charge is 0.325 e. The molecule has 7 nitrogen and oxygen atoms in total. The van der Waals surface area contributed by atoms with Gasteiger partial charge in [0.1, 0.15) is 12.1 Å². The van der Waals surface area contributed by atoms with Gasteiger partial charge in [-0.15, -0.1) is 11.3 Å². The van der Waals surface area contributed by atoms with Gasteiger partial charge in [-0.25, -0.2) is 18.6 Å². The van der Waals surface area contributed by atoms with E-state index >= 15 is 0 Å². The lowest BCUT2D eigenvalue weighted by Crippen LogP contribution is -2.42. The molecule has 2 aromatic carbocycles. The van der Waals surface area contributed by atoms with Crippen molar-refractivity contribution < 1.29 is 23.2 Å². The first-order chi connectivity index (χ1) is 15.2. The van der Waals surface area contributed by atoms with Crippen LogP contribution in [0, 0.1) is 18.6 Å². The first-order valence-corrected chi connectivity index (χ1v) is 10.5. The number of nitrogens with one attached hydrogen (secondary N) is 2. The van der Waals surface area contributed by atoms with Gasteiger partial charge in [0, 0.05) is 16.6 Å². The van der Waals surface area contributed by atoms with Crippen molar-refractivity contribution in [1.29, 1.82) is 0 Å². The maximum atomic E-state index is 13.7. The molecular weight excluding hydrogens is 438 g/mol. The number of amides is 4. The smallest absolute Gasteiger partial charge is 0.325 e. The number of imide groups is 1. The maximum absolute atomic E-state index is 13.7. The molecule has 0 aliphatic carbocycles. The highest BCUT2D eigenvalue weighted by atomic mass is 32.1. The standard InChI is InChI=1S/C22H18F2N4O3S/c1-12-25-18(11-32-12)13-4-3-5-15(8-13)26-19(29)10-28-20(30)22(2,27-21(28)31)14-6-7-16(23)17(24)9-14/h3-9,11H,10H2,1-2H3,(H,26,29)(H,27,31)/t22-/m0/s1. The van der Waals surface area contributed by atoms with Crippen molar-refractivity contribution in [2.75, 3.05) is 11.9 Å². The Hall–Kier alpha value is -3.66. The molecule has 32 heavy (non-hydrogen) atoms. The highest BCUT2D eigenvalue weighted by Gasteiger charge is 2.49. The number of carbonyl (C=O) groups excluding carboxylic acids is 3. The minimum atomic E-state index is -1.62. The lowest BCUT2D eigenvalue weighted by molar-refractivity contribution is -0.133. The highest BCUT2D eigenvalue weighted by molar-refractivity contribution is 7.09. The molecule has 4 rings (SSSR count). The Balaban J connectivity index is 1.48. The molecule has 1 saturated heterocycles. The second-order valence-electron chi connectivity index (χ2n) is 7.46. The van der Waals surface area contributed by atoms with Gasteiger partial charge < -0.3 is 10.6 Å². The summed E-state index contributed by atoms with van der Waals surface area (Å²) < 4.78 is 26.9. The van der Waals surface area contributed by atoms with Gasteiger partial charge in [0.15, 0.2) is 11.6 Å². The fraction of sp³-hybridized carbons (Fsp3) is 0.182. The highest BCUT2D eigenvalue weighted by Crippen LogP contribution is 2.30. The number of nitrogens with zero attached hydrogens (tertiary/aromatic N) is 2. The summed E-state index contributed by atoms with van der Waals surface area (Å²) in [5.74, 6) is -3.54. The molecule has 1 aromatic heterocycles. The number of anilines is 1. The number of hydrogen-bond donors (Lipinski definition) is 2. The Kier molecular flexibility index (Phi) is 5.47. The van der Waals surface area contributed by atoms with Crippen LogP contribution in [0.4, 0.5) is 19.3 Å². The Morgan fingerprint density at radius 3 is 2.66 bits per heavy atom. The third kappa shape index (κ3) is 3.96. The summed E-state index contributed by atoms with van der Waals surface area (Å²) in [6, 6.07) is 9.17. The van der Waals surface area contributed by atoms with Gasteiger partial charge in [0.05, 0.1) is 10.7 Å². The zero-order valence-corrected chi connectivity index (χ0v) is 17.9. The lowest BCUT2D eigenvalue weighted by Gasteiger charge is -2.22. The second kappa shape index (κ2) is 8.12. The average molecular weight is 456 g/mol. The molecule has 0 spiro atoms. The molecule has 3 aromatic rings. The number of hydrogen-bond acceptors (Lipinski definition) is 5. The van der Waals surface area contributed by atoms with Gasteiger partial charge in [0.25, 0.3) is 5.91 Å². The average Bonchev–Trinajstić information content (AvgIpc) is 3.27. The zero-order valence-electron chi connectivity index (χ0n) is 17.1. The molecule has 10 heteroatoms. The van der Waals surface area contributed by atoms with E-state index in [1.165, 1.54) is 24.3 Å². The number of carbonyl (C=O) groups is 3. The van der Waals surface area contributed by atoms with Crippen LogP contribution in [0.3, 0.4) is 0 Å². The molecular formula is C22H18F2N4O3S. The Bertz CT molecular complexity index is 1250. The predicted molar refractivity (Wildman–Crippen MR) is 115 cm³/mol. The minimum absolute atomic E-state index is 0.0731. The van der Waals surface area contributed by atoms with Crippen LogP contribution >= 0.6 is 11.3 Å². The van der Waals surface area contributed by atoms with E-state index in [9.17, 15) is 23.2 Å². The summed E-state index contributed by atoms with van der Waals surface area (Å²) in [5, 5.41) is 7.94. The third-order valence-corrected chi connectivity index (χ3v) is 5.91. The van der Waals surface area contributed by atoms with Gasteiger partial charge >= 0.3 is 6.03 Å². The molecule has 1 fully saturated rings. The van der Waals surface area contributed by atoms with Gasteiger partial charge in [-0.2, -0.15) is 0 Å². The van der Waals surface area contributed by atoms with Gasteiger partial charge in [0.2, 0.25) is 5.91 Å². The molecule has 0 bridgehead atoms. The van der Waals surface area contributed by atoms with E-state index in [0.717, 1.165) is 33.3 Å². The van der Waals surface area contributed by atoms with Crippen LogP contribution in [0.2, 0.25) is 0 Å². The van der Waals surface area contributed by atoms with Gasteiger partial charge in [-0.1, -0.05) is 18.2 Å². The van der Waals surface area contributed by atoms with Gasteiger partial charge in [-0.3, -0.25) is 14.5 Å². The van der Waals surface area contributed by atoms with Crippen LogP contribution in [0.15, 0.2) is 47.8 Å². The van der Waals surface area contributed by atoms with Gasteiger partial charge in [-0.05, 0) is 43.7 Å². The summed E-state index contributed by atoms with van der Waals surface area (Å²) in [5.41, 5.74) is 0.527. The number of aromatic nitrogens is 1. The maximum Gasteiger partial charge on any atom is 0.325 e. The summed E-state index contributed by atoms with van der Waals surface area (Å²) >= 11 is 1.51. The van der Waals surface area contributed by atoms with Crippen LogP contribution in [-0.2, 0) is 15.1 Å². The zero-order chi connectivity index (χ0) is 23.0. The third-order valence-electron chi connectivity index (χ3n) is 5.13. The Morgan fingerprint density at radius 2 is 1.97 bits per heavy atom. The molecule has 4 amide bonds.